The van der Waals surface area contributed by atoms with Gasteiger partial charge in [-0.3, -0.25) is 4.57 Å². The maximum atomic E-state index is 5.78. The highest BCUT2D eigenvalue weighted by Gasteiger charge is 2.05. The maximum Gasteiger partial charge on any atom is 0.179 e. The summed E-state index contributed by atoms with van der Waals surface area (Å²) >= 11 is 5.35. The molecule has 34 heavy (non-hydrogen) atoms. The van der Waals surface area contributed by atoms with Crippen molar-refractivity contribution in [3.63, 3.8) is 0 Å². The standard InChI is InChI=1S/C14H13N3S.C13H15N3/c1-10-4-6-11(7-5-10)9-17-13-12(16-14(17)18)3-2-8-15-13;1-10-4-6-11(7-5-10)9-16-13-12(14)3-2-8-15-13/h2-8H,9H2,1H3,(H,16,18);2-8H,9,14H2,1H3,(H,15,16). The molecule has 0 spiro atoms. The third-order valence-electron chi connectivity index (χ3n) is 5.41. The van der Waals surface area contributed by atoms with Crippen molar-refractivity contribution in [1.29, 1.82) is 0 Å². The fourth-order valence-corrected chi connectivity index (χ4v) is 3.73. The molecular formula is C27H28N6S. The van der Waals surface area contributed by atoms with Crippen LogP contribution in [-0.4, -0.2) is 19.5 Å². The summed E-state index contributed by atoms with van der Waals surface area (Å²) in [5.74, 6) is 0.739. The van der Waals surface area contributed by atoms with Gasteiger partial charge in [-0.1, -0.05) is 59.7 Å². The van der Waals surface area contributed by atoms with E-state index in [1.807, 2.05) is 28.8 Å². The Kier molecular flexibility index (Phi) is 7.34. The van der Waals surface area contributed by atoms with Crippen LogP contribution in [0.15, 0.2) is 85.2 Å². The van der Waals surface area contributed by atoms with Gasteiger partial charge in [-0.15, -0.1) is 0 Å². The van der Waals surface area contributed by atoms with Crippen LogP contribution >= 0.6 is 12.2 Å². The fourth-order valence-electron chi connectivity index (χ4n) is 3.47. The van der Waals surface area contributed by atoms with E-state index in [0.29, 0.717) is 10.5 Å². The van der Waals surface area contributed by atoms with Gasteiger partial charge in [0.1, 0.15) is 5.82 Å². The summed E-state index contributed by atoms with van der Waals surface area (Å²) in [5, 5.41) is 3.21. The largest absolute Gasteiger partial charge is 0.396 e. The summed E-state index contributed by atoms with van der Waals surface area (Å²) in [5.41, 5.74) is 13.3. The molecule has 6 nitrogen and oxygen atoms in total. The van der Waals surface area contributed by atoms with E-state index in [9.17, 15) is 0 Å². The van der Waals surface area contributed by atoms with Crippen molar-refractivity contribution in [3.05, 3.63) is 112 Å². The van der Waals surface area contributed by atoms with Crippen molar-refractivity contribution in [2.45, 2.75) is 26.9 Å². The summed E-state index contributed by atoms with van der Waals surface area (Å²) in [6.45, 7) is 5.65. The van der Waals surface area contributed by atoms with Crippen LogP contribution in [0.1, 0.15) is 22.3 Å². The predicted molar refractivity (Wildman–Crippen MR) is 142 cm³/mol. The second-order valence-electron chi connectivity index (χ2n) is 8.16. The van der Waals surface area contributed by atoms with E-state index in [1.165, 1.54) is 22.3 Å². The van der Waals surface area contributed by atoms with Crippen LogP contribution in [0.25, 0.3) is 11.2 Å². The Bertz CT molecular complexity index is 1420. The topological polar surface area (TPSA) is 84.5 Å². The van der Waals surface area contributed by atoms with Gasteiger partial charge in [0.05, 0.1) is 17.7 Å². The highest BCUT2D eigenvalue weighted by atomic mass is 32.1. The second kappa shape index (κ2) is 10.8. The number of H-pyrrole nitrogens is 1. The average molecular weight is 469 g/mol. The van der Waals surface area contributed by atoms with Gasteiger partial charge in [0.2, 0.25) is 0 Å². The van der Waals surface area contributed by atoms with Gasteiger partial charge >= 0.3 is 0 Å². The number of rotatable bonds is 5. The van der Waals surface area contributed by atoms with Crippen molar-refractivity contribution >= 4 is 34.9 Å². The van der Waals surface area contributed by atoms with E-state index in [4.69, 9.17) is 18.0 Å². The molecule has 3 aromatic heterocycles. The van der Waals surface area contributed by atoms with Crippen molar-refractivity contribution in [1.82, 2.24) is 19.5 Å². The number of aryl methyl sites for hydroxylation is 2. The molecule has 0 amide bonds. The molecule has 0 unspecified atom stereocenters. The SMILES string of the molecule is Cc1ccc(CNc2ncccc2N)cc1.Cc1ccc(Cn2c(=S)[nH]c3cccnc32)cc1. The number of hydrogen-bond acceptors (Lipinski definition) is 5. The molecule has 0 aliphatic heterocycles. The average Bonchev–Trinajstić information content (AvgIpc) is 3.16. The predicted octanol–water partition coefficient (Wildman–Crippen LogP) is 6.03. The number of aromatic amines is 1. The first-order chi connectivity index (χ1) is 16.5. The molecule has 0 fully saturated rings. The van der Waals surface area contributed by atoms with Gasteiger partial charge in [0, 0.05) is 18.9 Å². The monoisotopic (exact) mass is 468 g/mol. The lowest BCUT2D eigenvalue weighted by molar-refractivity contribution is 0.800. The molecule has 0 atom stereocenters. The Morgan fingerprint density at radius 2 is 1.47 bits per heavy atom. The smallest absolute Gasteiger partial charge is 0.179 e. The molecule has 3 heterocycles. The third-order valence-corrected chi connectivity index (χ3v) is 5.73. The van der Waals surface area contributed by atoms with Crippen molar-refractivity contribution < 1.29 is 0 Å². The van der Waals surface area contributed by atoms with Gasteiger partial charge in [-0.05, 0) is 61.5 Å². The number of imidazole rings is 1. The number of nitrogens with one attached hydrogen (secondary N) is 2. The Morgan fingerprint density at radius 1 is 0.853 bits per heavy atom. The van der Waals surface area contributed by atoms with Crippen LogP contribution in [0.5, 0.6) is 0 Å². The van der Waals surface area contributed by atoms with Crippen LogP contribution in [0.4, 0.5) is 11.5 Å². The van der Waals surface area contributed by atoms with Crippen molar-refractivity contribution in [2.75, 3.05) is 11.1 Å². The van der Waals surface area contributed by atoms with Gasteiger partial charge in [-0.2, -0.15) is 0 Å². The second-order valence-corrected chi connectivity index (χ2v) is 8.54. The summed E-state index contributed by atoms with van der Waals surface area (Å²) < 4.78 is 2.74. The van der Waals surface area contributed by atoms with Gasteiger partial charge < -0.3 is 16.0 Å². The molecule has 5 rings (SSSR count). The summed E-state index contributed by atoms with van der Waals surface area (Å²) in [4.78, 5) is 11.7. The molecular weight excluding hydrogens is 440 g/mol. The minimum absolute atomic E-state index is 0.676. The molecule has 0 radical (unpaired) electrons. The van der Waals surface area contributed by atoms with Crippen LogP contribution < -0.4 is 11.1 Å². The highest BCUT2D eigenvalue weighted by molar-refractivity contribution is 7.71. The molecule has 7 heteroatoms. The normalized spacial score (nSPS) is 10.5. The van der Waals surface area contributed by atoms with Crippen LogP contribution in [-0.2, 0) is 13.1 Å². The molecule has 5 aromatic rings. The number of anilines is 2. The molecule has 4 N–H and O–H groups in total. The van der Waals surface area contributed by atoms with Crippen LogP contribution in [0.3, 0.4) is 0 Å². The number of benzene rings is 2. The summed E-state index contributed by atoms with van der Waals surface area (Å²) in [7, 11) is 0. The van der Waals surface area contributed by atoms with E-state index >= 15 is 0 Å². The molecule has 0 aliphatic rings. The molecule has 0 aliphatic carbocycles. The number of nitrogens with two attached hydrogens (primary N) is 1. The van der Waals surface area contributed by atoms with E-state index in [-0.39, 0.29) is 0 Å². The molecule has 0 saturated heterocycles. The lowest BCUT2D eigenvalue weighted by Gasteiger charge is -2.07. The Balaban J connectivity index is 0.000000162. The zero-order valence-corrected chi connectivity index (χ0v) is 20.1. The van der Waals surface area contributed by atoms with Crippen LogP contribution in [0.2, 0.25) is 0 Å². The van der Waals surface area contributed by atoms with Crippen molar-refractivity contribution in [3.8, 4) is 0 Å². The van der Waals surface area contributed by atoms with Gasteiger partial charge in [-0.25, -0.2) is 9.97 Å². The minimum Gasteiger partial charge on any atom is -0.396 e. The Morgan fingerprint density at radius 3 is 2.15 bits per heavy atom. The van der Waals surface area contributed by atoms with E-state index < -0.39 is 0 Å². The summed E-state index contributed by atoms with van der Waals surface area (Å²) in [6.07, 6.45) is 3.52. The molecule has 0 saturated carbocycles. The van der Waals surface area contributed by atoms with Gasteiger partial charge in [0.25, 0.3) is 0 Å². The molecule has 172 valence electrons. The Labute approximate surface area is 204 Å². The number of aromatic nitrogens is 4. The van der Waals surface area contributed by atoms with E-state index in [2.05, 4.69) is 82.6 Å². The number of nitrogens with zero attached hydrogens (tertiary/aromatic N) is 3. The first-order valence-electron chi connectivity index (χ1n) is 11.1. The quantitative estimate of drug-likeness (QED) is 0.274. The minimum atomic E-state index is 0.676. The number of nitrogen functional groups attached to an aromatic ring is 1. The van der Waals surface area contributed by atoms with E-state index in [0.717, 1.165) is 30.1 Å². The summed E-state index contributed by atoms with van der Waals surface area (Å²) in [6, 6.07) is 24.4. The van der Waals surface area contributed by atoms with Gasteiger partial charge in [0.15, 0.2) is 10.4 Å². The Hall–Kier alpha value is -3.97. The van der Waals surface area contributed by atoms with E-state index in [1.54, 1.807) is 12.4 Å². The number of hydrogen-bond donors (Lipinski definition) is 3. The van der Waals surface area contributed by atoms with Crippen molar-refractivity contribution in [2.24, 2.45) is 0 Å². The third kappa shape index (κ3) is 5.88. The fraction of sp³-hybridized carbons (Fsp3) is 0.148. The number of fused-ring (bicyclic) bond motifs is 1. The van der Waals surface area contributed by atoms with Crippen LogP contribution in [0, 0.1) is 18.6 Å². The molecule has 2 aromatic carbocycles. The first kappa shape index (κ1) is 23.2. The lowest BCUT2D eigenvalue weighted by atomic mass is 10.1. The highest BCUT2D eigenvalue weighted by Crippen LogP contribution is 2.15. The first-order valence-corrected chi connectivity index (χ1v) is 11.5. The zero-order chi connectivity index (χ0) is 23.9. The number of pyridine rings is 2. The molecule has 0 bridgehead atoms. The zero-order valence-electron chi connectivity index (χ0n) is 19.3. The maximum absolute atomic E-state index is 5.78. The lowest BCUT2D eigenvalue weighted by Crippen LogP contribution is -2.04.